The second kappa shape index (κ2) is 13.7. The van der Waals surface area contributed by atoms with E-state index in [9.17, 15) is 5.11 Å². The zero-order chi connectivity index (χ0) is 13.6. The molecule has 0 radical (unpaired) electrons. The molecular formula is C15H33NOS. The van der Waals surface area contributed by atoms with Gasteiger partial charge in [-0.15, -0.1) is 0 Å². The maximum atomic E-state index is 10.1. The van der Waals surface area contributed by atoms with Crippen LogP contribution < -0.4 is 0 Å². The standard InChI is InChI=1S/C15H33NOS/c1-4-7-10-16(11-8-5-2)13-15(17)14-18-12-9-6-3/h15,17H,4-14H2,1-3H3. The van der Waals surface area contributed by atoms with Crippen molar-refractivity contribution in [2.24, 2.45) is 0 Å². The van der Waals surface area contributed by atoms with Gasteiger partial charge in [0, 0.05) is 12.3 Å². The number of hydrogen-bond acceptors (Lipinski definition) is 3. The second-order valence-electron chi connectivity index (χ2n) is 5.09. The molecule has 0 saturated carbocycles. The van der Waals surface area contributed by atoms with Gasteiger partial charge in [0.1, 0.15) is 0 Å². The minimum absolute atomic E-state index is 0.152. The summed E-state index contributed by atoms with van der Waals surface area (Å²) >= 11 is 1.90. The summed E-state index contributed by atoms with van der Waals surface area (Å²) in [5.74, 6) is 2.09. The van der Waals surface area contributed by atoms with E-state index in [1.165, 1.54) is 44.3 Å². The van der Waals surface area contributed by atoms with E-state index in [0.717, 1.165) is 25.4 Å². The molecule has 3 heteroatoms. The number of nitrogens with zero attached hydrogens (tertiary/aromatic N) is 1. The van der Waals surface area contributed by atoms with E-state index in [2.05, 4.69) is 25.7 Å². The zero-order valence-electron chi connectivity index (χ0n) is 12.7. The molecule has 1 unspecified atom stereocenters. The van der Waals surface area contributed by atoms with Crippen molar-refractivity contribution < 1.29 is 5.11 Å². The largest absolute Gasteiger partial charge is 0.391 e. The van der Waals surface area contributed by atoms with Crippen molar-refractivity contribution >= 4 is 11.8 Å². The van der Waals surface area contributed by atoms with Crippen LogP contribution in [-0.4, -0.2) is 47.3 Å². The van der Waals surface area contributed by atoms with Gasteiger partial charge < -0.3 is 10.0 Å². The molecule has 0 aromatic carbocycles. The third-order valence-electron chi connectivity index (χ3n) is 3.08. The van der Waals surface area contributed by atoms with E-state index in [1.54, 1.807) is 0 Å². The third kappa shape index (κ3) is 11.4. The van der Waals surface area contributed by atoms with Crippen LogP contribution in [0.2, 0.25) is 0 Å². The normalized spacial score (nSPS) is 13.2. The molecular weight excluding hydrogens is 242 g/mol. The predicted octanol–water partition coefficient (Wildman–Crippen LogP) is 3.78. The van der Waals surface area contributed by atoms with Gasteiger partial charge in [-0.1, -0.05) is 40.0 Å². The lowest BCUT2D eigenvalue weighted by molar-refractivity contribution is 0.128. The molecule has 0 saturated heterocycles. The topological polar surface area (TPSA) is 23.5 Å². The molecule has 1 atom stereocenters. The zero-order valence-corrected chi connectivity index (χ0v) is 13.5. The lowest BCUT2D eigenvalue weighted by atomic mass is 10.2. The van der Waals surface area contributed by atoms with Crippen molar-refractivity contribution in [3.05, 3.63) is 0 Å². The Hall–Kier alpha value is 0.270. The molecule has 0 amide bonds. The minimum Gasteiger partial charge on any atom is -0.391 e. The molecule has 1 N–H and O–H groups in total. The lowest BCUT2D eigenvalue weighted by Gasteiger charge is -2.24. The minimum atomic E-state index is -0.152. The van der Waals surface area contributed by atoms with Crippen molar-refractivity contribution in [2.45, 2.75) is 65.4 Å². The van der Waals surface area contributed by atoms with Gasteiger partial charge in [0.05, 0.1) is 6.10 Å². The van der Waals surface area contributed by atoms with Crippen LogP contribution in [0.15, 0.2) is 0 Å². The Kier molecular flexibility index (Phi) is 13.9. The maximum absolute atomic E-state index is 10.1. The van der Waals surface area contributed by atoms with Crippen LogP contribution in [-0.2, 0) is 0 Å². The monoisotopic (exact) mass is 275 g/mol. The predicted molar refractivity (Wildman–Crippen MR) is 84.5 cm³/mol. The van der Waals surface area contributed by atoms with E-state index in [4.69, 9.17) is 0 Å². The van der Waals surface area contributed by atoms with Crippen LogP contribution in [0.25, 0.3) is 0 Å². The van der Waals surface area contributed by atoms with E-state index >= 15 is 0 Å². The fraction of sp³-hybridized carbons (Fsp3) is 1.00. The molecule has 0 aromatic rings. The molecule has 0 heterocycles. The Labute approximate surface area is 119 Å². The lowest BCUT2D eigenvalue weighted by Crippen LogP contribution is -2.35. The molecule has 18 heavy (non-hydrogen) atoms. The molecule has 0 aliphatic rings. The van der Waals surface area contributed by atoms with Crippen molar-refractivity contribution in [1.82, 2.24) is 4.90 Å². The van der Waals surface area contributed by atoms with Crippen LogP contribution in [0.3, 0.4) is 0 Å². The average molecular weight is 276 g/mol. The number of thioether (sulfide) groups is 1. The smallest absolute Gasteiger partial charge is 0.0757 e. The average Bonchev–Trinajstić information content (AvgIpc) is 2.38. The van der Waals surface area contributed by atoms with Gasteiger partial charge >= 0.3 is 0 Å². The SMILES string of the molecule is CCCCSCC(O)CN(CCCC)CCCC. The Morgan fingerprint density at radius 1 is 0.944 bits per heavy atom. The van der Waals surface area contributed by atoms with E-state index in [0.29, 0.717) is 0 Å². The quantitative estimate of drug-likeness (QED) is 0.517. The number of aliphatic hydroxyl groups excluding tert-OH is 1. The van der Waals surface area contributed by atoms with Crippen LogP contribution in [0.4, 0.5) is 0 Å². The first-order chi connectivity index (χ1) is 8.74. The summed E-state index contributed by atoms with van der Waals surface area (Å²) in [6, 6.07) is 0. The number of aliphatic hydroxyl groups is 1. The molecule has 0 rings (SSSR count). The number of rotatable bonds is 13. The summed E-state index contributed by atoms with van der Waals surface area (Å²) in [6.07, 6.45) is 7.35. The summed E-state index contributed by atoms with van der Waals surface area (Å²) in [6.45, 7) is 9.83. The molecule has 0 bridgehead atoms. The summed E-state index contributed by atoms with van der Waals surface area (Å²) in [4.78, 5) is 2.44. The van der Waals surface area contributed by atoms with E-state index in [-0.39, 0.29) is 6.10 Å². The number of hydrogen-bond donors (Lipinski definition) is 1. The molecule has 110 valence electrons. The van der Waals surface area contributed by atoms with Crippen LogP contribution in [0, 0.1) is 0 Å². The molecule has 0 aliphatic carbocycles. The summed E-state index contributed by atoms with van der Waals surface area (Å²) in [7, 11) is 0. The Balaban J connectivity index is 3.74. The summed E-state index contributed by atoms with van der Waals surface area (Å²) < 4.78 is 0. The first-order valence-corrected chi connectivity index (χ1v) is 8.88. The second-order valence-corrected chi connectivity index (χ2v) is 6.24. The maximum Gasteiger partial charge on any atom is 0.0757 e. The molecule has 2 nitrogen and oxygen atoms in total. The van der Waals surface area contributed by atoms with Gasteiger partial charge in [0.25, 0.3) is 0 Å². The van der Waals surface area contributed by atoms with Crippen molar-refractivity contribution in [1.29, 1.82) is 0 Å². The van der Waals surface area contributed by atoms with E-state index < -0.39 is 0 Å². The fourth-order valence-electron chi connectivity index (χ4n) is 1.87. The van der Waals surface area contributed by atoms with E-state index in [1.807, 2.05) is 11.8 Å². The van der Waals surface area contributed by atoms with Crippen molar-refractivity contribution in [3.63, 3.8) is 0 Å². The Bertz CT molecular complexity index is 159. The summed E-state index contributed by atoms with van der Waals surface area (Å²) in [5, 5.41) is 10.1. The van der Waals surface area contributed by atoms with Crippen LogP contribution in [0.1, 0.15) is 59.3 Å². The van der Waals surface area contributed by atoms with Gasteiger partial charge in [-0.05, 0) is 38.1 Å². The highest BCUT2D eigenvalue weighted by molar-refractivity contribution is 7.99. The van der Waals surface area contributed by atoms with Gasteiger partial charge in [-0.3, -0.25) is 0 Å². The van der Waals surface area contributed by atoms with Gasteiger partial charge in [0.2, 0.25) is 0 Å². The van der Waals surface area contributed by atoms with Gasteiger partial charge in [-0.2, -0.15) is 11.8 Å². The van der Waals surface area contributed by atoms with Crippen LogP contribution in [0.5, 0.6) is 0 Å². The molecule has 0 aliphatic heterocycles. The third-order valence-corrected chi connectivity index (χ3v) is 4.28. The summed E-state index contributed by atoms with van der Waals surface area (Å²) in [5.41, 5.74) is 0. The fourth-order valence-corrected chi connectivity index (χ4v) is 2.91. The first-order valence-electron chi connectivity index (χ1n) is 7.72. The molecule has 0 spiro atoms. The Morgan fingerprint density at radius 3 is 2.00 bits per heavy atom. The molecule has 0 aromatic heterocycles. The first kappa shape index (κ1) is 18.3. The highest BCUT2D eigenvalue weighted by atomic mass is 32.2. The van der Waals surface area contributed by atoms with Crippen LogP contribution >= 0.6 is 11.8 Å². The Morgan fingerprint density at radius 2 is 1.50 bits per heavy atom. The van der Waals surface area contributed by atoms with Gasteiger partial charge in [0.15, 0.2) is 0 Å². The number of unbranched alkanes of at least 4 members (excludes halogenated alkanes) is 3. The van der Waals surface area contributed by atoms with Gasteiger partial charge in [-0.25, -0.2) is 0 Å². The van der Waals surface area contributed by atoms with Crippen molar-refractivity contribution in [2.75, 3.05) is 31.1 Å². The molecule has 0 fully saturated rings. The highest BCUT2D eigenvalue weighted by Crippen LogP contribution is 2.08. The van der Waals surface area contributed by atoms with Crippen molar-refractivity contribution in [3.8, 4) is 0 Å². The highest BCUT2D eigenvalue weighted by Gasteiger charge is 2.10.